The summed E-state index contributed by atoms with van der Waals surface area (Å²) in [6, 6.07) is 14.2. The van der Waals surface area contributed by atoms with Gasteiger partial charge in [0.05, 0.1) is 13.2 Å². The van der Waals surface area contributed by atoms with E-state index in [9.17, 15) is 4.39 Å². The van der Waals surface area contributed by atoms with Crippen LogP contribution in [-0.4, -0.2) is 13.2 Å². The van der Waals surface area contributed by atoms with Crippen molar-refractivity contribution in [3.8, 4) is 11.5 Å². The van der Waals surface area contributed by atoms with Crippen LogP contribution in [0.2, 0.25) is 0 Å². The Morgan fingerprint density at radius 1 is 0.950 bits per heavy atom. The molecule has 2 rings (SSSR count). The second-order valence-electron chi connectivity index (χ2n) is 4.25. The van der Waals surface area contributed by atoms with Gasteiger partial charge in [-0.2, -0.15) is 0 Å². The summed E-state index contributed by atoms with van der Waals surface area (Å²) >= 11 is 3.32. The molecular weight excluding hydrogens is 323 g/mol. The Kier molecular flexibility index (Phi) is 5.87. The van der Waals surface area contributed by atoms with E-state index in [2.05, 4.69) is 15.9 Å². The van der Waals surface area contributed by atoms with E-state index >= 15 is 0 Å². The van der Waals surface area contributed by atoms with Crippen molar-refractivity contribution >= 4 is 15.9 Å². The molecule has 0 unspecified atom stereocenters. The van der Waals surface area contributed by atoms with Gasteiger partial charge >= 0.3 is 0 Å². The Morgan fingerprint density at radius 2 is 1.70 bits per heavy atom. The van der Waals surface area contributed by atoms with Crippen LogP contribution in [0.4, 0.5) is 4.39 Å². The quantitative estimate of drug-likeness (QED) is 0.543. The average molecular weight is 339 g/mol. The first kappa shape index (κ1) is 14.9. The zero-order chi connectivity index (χ0) is 14.2. The van der Waals surface area contributed by atoms with Crippen molar-refractivity contribution in [1.82, 2.24) is 0 Å². The fraction of sp³-hybridized carbons (Fsp3) is 0.250. The molecule has 0 saturated carbocycles. The summed E-state index contributed by atoms with van der Waals surface area (Å²) in [5.74, 6) is 1.32. The minimum atomic E-state index is -0.251. The van der Waals surface area contributed by atoms with Gasteiger partial charge in [-0.25, -0.2) is 4.39 Å². The highest BCUT2D eigenvalue weighted by Gasteiger charge is 2.04. The predicted octanol–water partition coefficient (Wildman–Crippen LogP) is 4.57. The summed E-state index contributed by atoms with van der Waals surface area (Å²) in [4.78, 5) is 0. The molecule has 0 N–H and O–H groups in total. The lowest BCUT2D eigenvalue weighted by molar-refractivity contribution is 0.246. The summed E-state index contributed by atoms with van der Waals surface area (Å²) in [5, 5.41) is 0.570. The van der Waals surface area contributed by atoms with Crippen LogP contribution in [0.1, 0.15) is 12.0 Å². The molecule has 0 aliphatic carbocycles. The molecule has 0 aliphatic rings. The third kappa shape index (κ3) is 4.53. The van der Waals surface area contributed by atoms with Gasteiger partial charge in [0.2, 0.25) is 0 Å². The van der Waals surface area contributed by atoms with E-state index < -0.39 is 0 Å². The molecule has 0 fully saturated rings. The Hall–Kier alpha value is -1.55. The molecule has 0 heterocycles. The topological polar surface area (TPSA) is 18.5 Å². The first-order valence-corrected chi connectivity index (χ1v) is 7.57. The predicted molar refractivity (Wildman–Crippen MR) is 81.1 cm³/mol. The highest BCUT2D eigenvalue weighted by Crippen LogP contribution is 2.22. The van der Waals surface area contributed by atoms with Gasteiger partial charge in [-0.05, 0) is 30.3 Å². The van der Waals surface area contributed by atoms with Gasteiger partial charge in [0.1, 0.15) is 17.3 Å². The SMILES string of the molecule is Fc1ccc(OCCCOc2ccccc2)c(CBr)c1. The summed E-state index contributed by atoms with van der Waals surface area (Å²) < 4.78 is 24.3. The number of para-hydroxylation sites is 1. The van der Waals surface area contributed by atoms with Crippen LogP contribution < -0.4 is 9.47 Å². The molecule has 2 aromatic rings. The molecular formula is C16H16BrFO2. The first-order valence-electron chi connectivity index (χ1n) is 6.44. The van der Waals surface area contributed by atoms with Crippen LogP contribution in [0.5, 0.6) is 11.5 Å². The molecule has 0 spiro atoms. The second kappa shape index (κ2) is 7.90. The Morgan fingerprint density at radius 3 is 2.45 bits per heavy atom. The van der Waals surface area contributed by atoms with Gasteiger partial charge in [0.15, 0.2) is 0 Å². The van der Waals surface area contributed by atoms with Crippen molar-refractivity contribution in [3.05, 3.63) is 59.9 Å². The van der Waals surface area contributed by atoms with Gasteiger partial charge in [0.25, 0.3) is 0 Å². The lowest BCUT2D eigenvalue weighted by atomic mass is 10.2. The lowest BCUT2D eigenvalue weighted by Crippen LogP contribution is -2.06. The number of halogens is 2. The highest BCUT2D eigenvalue weighted by atomic mass is 79.9. The van der Waals surface area contributed by atoms with E-state index in [-0.39, 0.29) is 5.82 Å². The normalized spacial score (nSPS) is 10.3. The zero-order valence-electron chi connectivity index (χ0n) is 11.0. The molecule has 0 bridgehead atoms. The van der Waals surface area contributed by atoms with Gasteiger partial charge in [-0.3, -0.25) is 0 Å². The fourth-order valence-electron chi connectivity index (χ4n) is 1.74. The van der Waals surface area contributed by atoms with Crippen LogP contribution >= 0.6 is 15.9 Å². The third-order valence-corrected chi connectivity index (χ3v) is 3.33. The molecule has 4 heteroatoms. The van der Waals surface area contributed by atoms with E-state index in [1.54, 1.807) is 6.07 Å². The second-order valence-corrected chi connectivity index (χ2v) is 4.81. The van der Waals surface area contributed by atoms with Crippen LogP contribution in [0.15, 0.2) is 48.5 Å². The summed E-state index contributed by atoms with van der Waals surface area (Å²) in [7, 11) is 0. The number of alkyl halides is 1. The summed E-state index contributed by atoms with van der Waals surface area (Å²) in [6.45, 7) is 1.13. The number of rotatable bonds is 7. The van der Waals surface area contributed by atoms with E-state index in [1.165, 1.54) is 12.1 Å². The van der Waals surface area contributed by atoms with Crippen molar-refractivity contribution in [2.24, 2.45) is 0 Å². The van der Waals surface area contributed by atoms with Crippen molar-refractivity contribution in [3.63, 3.8) is 0 Å². The van der Waals surface area contributed by atoms with Crippen LogP contribution in [0, 0.1) is 5.82 Å². The molecule has 0 saturated heterocycles. The summed E-state index contributed by atoms with van der Waals surface area (Å²) in [6.07, 6.45) is 0.772. The first-order chi connectivity index (χ1) is 9.79. The number of benzene rings is 2. The maximum atomic E-state index is 13.1. The van der Waals surface area contributed by atoms with Crippen LogP contribution in [0.25, 0.3) is 0 Å². The van der Waals surface area contributed by atoms with Gasteiger partial charge in [0, 0.05) is 17.3 Å². The largest absolute Gasteiger partial charge is 0.493 e. The smallest absolute Gasteiger partial charge is 0.123 e. The van der Waals surface area contributed by atoms with Crippen molar-refractivity contribution in [1.29, 1.82) is 0 Å². The average Bonchev–Trinajstić information content (AvgIpc) is 2.49. The lowest BCUT2D eigenvalue weighted by Gasteiger charge is -2.10. The number of hydrogen-bond acceptors (Lipinski definition) is 2. The standard InChI is InChI=1S/C16H16BrFO2/c17-12-13-11-14(18)7-8-16(13)20-10-4-9-19-15-5-2-1-3-6-15/h1-3,5-8,11H,4,9-10,12H2. The number of hydrogen-bond donors (Lipinski definition) is 0. The minimum absolute atomic E-state index is 0.251. The monoisotopic (exact) mass is 338 g/mol. The Labute approximate surface area is 126 Å². The molecule has 2 aromatic carbocycles. The third-order valence-electron chi connectivity index (χ3n) is 2.72. The van der Waals surface area contributed by atoms with Gasteiger partial charge in [-0.15, -0.1) is 0 Å². The zero-order valence-corrected chi connectivity index (χ0v) is 12.6. The van der Waals surface area contributed by atoms with Crippen LogP contribution in [0.3, 0.4) is 0 Å². The molecule has 0 atom stereocenters. The molecule has 20 heavy (non-hydrogen) atoms. The van der Waals surface area contributed by atoms with Crippen molar-refractivity contribution < 1.29 is 13.9 Å². The summed E-state index contributed by atoms with van der Waals surface area (Å²) in [5.41, 5.74) is 0.814. The molecule has 106 valence electrons. The Balaban J connectivity index is 1.73. The van der Waals surface area contributed by atoms with Crippen molar-refractivity contribution in [2.45, 2.75) is 11.8 Å². The maximum absolute atomic E-state index is 13.1. The molecule has 0 aromatic heterocycles. The fourth-order valence-corrected chi connectivity index (χ4v) is 2.18. The number of ether oxygens (including phenoxy) is 2. The maximum Gasteiger partial charge on any atom is 0.123 e. The highest BCUT2D eigenvalue weighted by molar-refractivity contribution is 9.08. The minimum Gasteiger partial charge on any atom is -0.493 e. The van der Waals surface area contributed by atoms with Gasteiger partial charge < -0.3 is 9.47 Å². The van der Waals surface area contributed by atoms with E-state index in [0.29, 0.717) is 24.3 Å². The molecule has 2 nitrogen and oxygen atoms in total. The van der Waals surface area contributed by atoms with E-state index in [0.717, 1.165) is 17.7 Å². The van der Waals surface area contributed by atoms with E-state index in [4.69, 9.17) is 9.47 Å². The molecule has 0 aliphatic heterocycles. The van der Waals surface area contributed by atoms with Crippen molar-refractivity contribution in [2.75, 3.05) is 13.2 Å². The molecule has 0 radical (unpaired) electrons. The molecule has 0 amide bonds. The van der Waals surface area contributed by atoms with Crippen LogP contribution in [-0.2, 0) is 5.33 Å². The van der Waals surface area contributed by atoms with E-state index in [1.807, 2.05) is 30.3 Å². The Bertz CT molecular complexity index is 531. The van der Waals surface area contributed by atoms with Gasteiger partial charge in [-0.1, -0.05) is 34.1 Å².